The lowest BCUT2D eigenvalue weighted by Crippen LogP contribution is -2.17. The van der Waals surface area contributed by atoms with Crippen LogP contribution < -0.4 is 14.9 Å². The molecule has 0 saturated carbocycles. The van der Waals surface area contributed by atoms with E-state index in [1.807, 2.05) is 49.1 Å². The lowest BCUT2D eigenvalue weighted by Gasteiger charge is -2.17. The van der Waals surface area contributed by atoms with E-state index in [2.05, 4.69) is 4.90 Å². The molecule has 3 aromatic rings. The molecule has 6 heteroatoms. The van der Waals surface area contributed by atoms with Crippen molar-refractivity contribution in [1.82, 2.24) is 9.47 Å². The summed E-state index contributed by atoms with van der Waals surface area (Å²) >= 11 is 0. The molecule has 148 valence electrons. The van der Waals surface area contributed by atoms with Gasteiger partial charge in [0.05, 0.1) is 25.1 Å². The molecule has 0 fully saturated rings. The van der Waals surface area contributed by atoms with Gasteiger partial charge < -0.3 is 24.0 Å². The Morgan fingerprint density at radius 3 is 2.39 bits per heavy atom. The highest BCUT2D eigenvalue weighted by molar-refractivity contribution is 5.90. The molecule has 6 nitrogen and oxygen atoms in total. The number of aromatic nitrogens is 1. The fraction of sp³-hybridized carbons (Fsp3) is 0.318. The van der Waals surface area contributed by atoms with Crippen LogP contribution in [0.3, 0.4) is 0 Å². The van der Waals surface area contributed by atoms with E-state index >= 15 is 0 Å². The molecule has 0 saturated heterocycles. The molecule has 0 spiro atoms. The predicted molar refractivity (Wildman–Crippen MR) is 112 cm³/mol. The maximum atomic E-state index is 13.3. The molecule has 0 aliphatic carbocycles. The van der Waals surface area contributed by atoms with Crippen LogP contribution in [0, 0.1) is 0 Å². The highest BCUT2D eigenvalue weighted by Gasteiger charge is 2.16. The van der Waals surface area contributed by atoms with Crippen LogP contribution in [0.2, 0.25) is 0 Å². The van der Waals surface area contributed by atoms with Crippen LogP contribution in [-0.4, -0.2) is 49.4 Å². The minimum atomic E-state index is -0.124. The number of phenols is 1. The van der Waals surface area contributed by atoms with Crippen LogP contribution in [0.25, 0.3) is 22.0 Å². The van der Waals surface area contributed by atoms with Gasteiger partial charge in [-0.05, 0) is 44.8 Å². The van der Waals surface area contributed by atoms with Gasteiger partial charge in [-0.3, -0.25) is 4.79 Å². The second kappa shape index (κ2) is 8.35. The van der Waals surface area contributed by atoms with E-state index in [0.717, 1.165) is 24.3 Å². The van der Waals surface area contributed by atoms with Crippen molar-refractivity contribution in [2.75, 3.05) is 34.9 Å². The number of nitrogens with zero attached hydrogens (tertiary/aromatic N) is 2. The molecule has 1 N–H and O–H groups in total. The van der Waals surface area contributed by atoms with Gasteiger partial charge in [0.25, 0.3) is 0 Å². The van der Waals surface area contributed by atoms with Crippen LogP contribution >= 0.6 is 0 Å². The van der Waals surface area contributed by atoms with Crippen molar-refractivity contribution in [1.29, 1.82) is 0 Å². The standard InChI is InChI=1S/C22H26N2O4/c1-23(2)10-5-11-24-14-18(15-6-8-17(27-3)9-7-15)22(26)21-19(24)12-16(25)13-20(21)28-4/h6-9,12-14,25H,5,10-11H2,1-4H3. The van der Waals surface area contributed by atoms with E-state index in [1.165, 1.54) is 13.2 Å². The summed E-state index contributed by atoms with van der Waals surface area (Å²) in [6.07, 6.45) is 2.77. The number of aryl methyl sites for hydroxylation is 1. The van der Waals surface area contributed by atoms with E-state index < -0.39 is 0 Å². The highest BCUT2D eigenvalue weighted by Crippen LogP contribution is 2.31. The minimum Gasteiger partial charge on any atom is -0.508 e. The fourth-order valence-electron chi connectivity index (χ4n) is 3.34. The topological polar surface area (TPSA) is 63.9 Å². The molecule has 2 aromatic carbocycles. The van der Waals surface area contributed by atoms with E-state index in [9.17, 15) is 9.90 Å². The Bertz CT molecular complexity index is 1020. The zero-order valence-corrected chi connectivity index (χ0v) is 16.7. The number of benzene rings is 2. The molecule has 0 unspecified atom stereocenters. The van der Waals surface area contributed by atoms with E-state index in [-0.39, 0.29) is 11.2 Å². The molecule has 0 atom stereocenters. The lowest BCUT2D eigenvalue weighted by atomic mass is 10.0. The van der Waals surface area contributed by atoms with Crippen molar-refractivity contribution < 1.29 is 14.6 Å². The van der Waals surface area contributed by atoms with E-state index in [1.54, 1.807) is 13.2 Å². The number of aromatic hydroxyl groups is 1. The first-order chi connectivity index (χ1) is 13.4. The molecule has 0 aliphatic rings. The second-order valence-corrected chi connectivity index (χ2v) is 6.99. The summed E-state index contributed by atoms with van der Waals surface area (Å²) in [6.45, 7) is 1.63. The molecule has 0 aliphatic heterocycles. The number of pyridine rings is 1. The first-order valence-corrected chi connectivity index (χ1v) is 9.18. The van der Waals surface area contributed by atoms with Crippen molar-refractivity contribution in [3.8, 4) is 28.4 Å². The number of hydrogen-bond donors (Lipinski definition) is 1. The van der Waals surface area contributed by atoms with Gasteiger partial charge >= 0.3 is 0 Å². The monoisotopic (exact) mass is 382 g/mol. The summed E-state index contributed by atoms with van der Waals surface area (Å²) in [5.41, 5.74) is 1.94. The number of fused-ring (bicyclic) bond motifs is 1. The maximum absolute atomic E-state index is 13.3. The Labute approximate surface area is 164 Å². The maximum Gasteiger partial charge on any atom is 0.200 e. The molecule has 3 rings (SSSR count). The fourth-order valence-corrected chi connectivity index (χ4v) is 3.34. The Morgan fingerprint density at radius 2 is 1.79 bits per heavy atom. The van der Waals surface area contributed by atoms with Gasteiger partial charge in [0, 0.05) is 30.4 Å². The molecule has 1 aromatic heterocycles. The Hall–Kier alpha value is -2.99. The predicted octanol–water partition coefficient (Wildman–Crippen LogP) is 3.34. The summed E-state index contributed by atoms with van der Waals surface area (Å²) in [5.74, 6) is 1.18. The number of ether oxygens (including phenoxy) is 2. The number of hydrogen-bond acceptors (Lipinski definition) is 5. The van der Waals surface area contributed by atoms with Gasteiger partial charge in [-0.25, -0.2) is 0 Å². The van der Waals surface area contributed by atoms with Gasteiger partial charge in [0.15, 0.2) is 0 Å². The van der Waals surface area contributed by atoms with Crippen LogP contribution in [0.5, 0.6) is 17.2 Å². The van der Waals surface area contributed by atoms with Crippen LogP contribution in [-0.2, 0) is 6.54 Å². The summed E-state index contributed by atoms with van der Waals surface area (Å²) in [4.78, 5) is 15.4. The normalized spacial score (nSPS) is 11.2. The minimum absolute atomic E-state index is 0.0716. The van der Waals surface area contributed by atoms with Crippen molar-refractivity contribution >= 4 is 10.9 Å². The van der Waals surface area contributed by atoms with Crippen LogP contribution in [0.15, 0.2) is 47.4 Å². The molecular formula is C22H26N2O4. The van der Waals surface area contributed by atoms with Gasteiger partial charge in [-0.15, -0.1) is 0 Å². The first kappa shape index (κ1) is 19.8. The average molecular weight is 382 g/mol. The van der Waals surface area contributed by atoms with Crippen LogP contribution in [0.4, 0.5) is 0 Å². The lowest BCUT2D eigenvalue weighted by molar-refractivity contribution is 0.387. The van der Waals surface area contributed by atoms with Crippen LogP contribution in [0.1, 0.15) is 6.42 Å². The van der Waals surface area contributed by atoms with Crippen molar-refractivity contribution in [2.45, 2.75) is 13.0 Å². The zero-order chi connectivity index (χ0) is 20.3. The third kappa shape index (κ3) is 3.97. The first-order valence-electron chi connectivity index (χ1n) is 9.18. The molecule has 0 amide bonds. The summed E-state index contributed by atoms with van der Waals surface area (Å²) in [5, 5.41) is 10.6. The van der Waals surface area contributed by atoms with Crippen molar-refractivity contribution in [2.24, 2.45) is 0 Å². The largest absolute Gasteiger partial charge is 0.508 e. The Morgan fingerprint density at radius 1 is 1.07 bits per heavy atom. The van der Waals surface area contributed by atoms with Gasteiger partial charge in [0.1, 0.15) is 17.2 Å². The SMILES string of the molecule is COc1ccc(-c2cn(CCCN(C)C)c3cc(O)cc(OC)c3c2=O)cc1. The molecule has 0 bridgehead atoms. The van der Waals surface area contributed by atoms with E-state index in [4.69, 9.17) is 9.47 Å². The third-order valence-corrected chi connectivity index (χ3v) is 4.76. The summed E-state index contributed by atoms with van der Waals surface area (Å²) in [7, 11) is 7.17. The molecule has 1 heterocycles. The van der Waals surface area contributed by atoms with Crippen molar-refractivity contribution in [3.63, 3.8) is 0 Å². The Kier molecular flexibility index (Phi) is 5.90. The third-order valence-electron chi connectivity index (χ3n) is 4.76. The summed E-state index contributed by atoms with van der Waals surface area (Å²) in [6, 6.07) is 10.5. The summed E-state index contributed by atoms with van der Waals surface area (Å²) < 4.78 is 12.6. The van der Waals surface area contributed by atoms with Gasteiger partial charge in [-0.2, -0.15) is 0 Å². The number of phenolic OH excluding ortho intramolecular Hbond substituents is 1. The van der Waals surface area contributed by atoms with Crippen molar-refractivity contribution in [3.05, 3.63) is 52.8 Å². The van der Waals surface area contributed by atoms with Gasteiger partial charge in [-0.1, -0.05) is 12.1 Å². The molecular weight excluding hydrogens is 356 g/mol. The van der Waals surface area contributed by atoms with Gasteiger partial charge in [0.2, 0.25) is 5.43 Å². The smallest absolute Gasteiger partial charge is 0.200 e. The Balaban J connectivity index is 2.21. The van der Waals surface area contributed by atoms with E-state index in [0.29, 0.717) is 28.8 Å². The number of rotatable bonds is 7. The highest BCUT2D eigenvalue weighted by atomic mass is 16.5. The number of methoxy groups -OCH3 is 2. The average Bonchev–Trinajstić information content (AvgIpc) is 2.68. The zero-order valence-electron chi connectivity index (χ0n) is 16.7. The quantitative estimate of drug-likeness (QED) is 0.679. The second-order valence-electron chi connectivity index (χ2n) is 6.99. The molecule has 28 heavy (non-hydrogen) atoms. The molecule has 0 radical (unpaired) electrons.